The molecule has 2 aromatic heterocycles. The summed E-state index contributed by atoms with van der Waals surface area (Å²) in [6.07, 6.45) is 4.06. The van der Waals surface area contributed by atoms with Gasteiger partial charge in [0.1, 0.15) is 11.0 Å². The zero-order valence-electron chi connectivity index (χ0n) is 18.0. The second-order valence-corrected chi connectivity index (χ2v) is 7.87. The third-order valence-electron chi connectivity index (χ3n) is 5.09. The highest BCUT2D eigenvalue weighted by molar-refractivity contribution is 6.36. The molecule has 0 spiro atoms. The zero-order chi connectivity index (χ0) is 23.4. The molecule has 0 atom stereocenters. The number of pyridine rings is 1. The van der Waals surface area contributed by atoms with Crippen LogP contribution < -0.4 is 14.8 Å². The van der Waals surface area contributed by atoms with Crippen molar-refractivity contribution in [3.8, 4) is 28.4 Å². The number of methoxy groups -OCH3 is 2. The maximum absolute atomic E-state index is 14.8. The van der Waals surface area contributed by atoms with Crippen LogP contribution in [-0.2, 0) is 6.42 Å². The molecule has 2 aromatic carbocycles. The fourth-order valence-corrected chi connectivity index (χ4v) is 4.05. The molecule has 0 aliphatic carbocycles. The number of hydrogen-bond acceptors (Lipinski definition) is 5. The maximum atomic E-state index is 14.8. The van der Waals surface area contributed by atoms with Gasteiger partial charge in [-0.15, -0.1) is 0 Å². The van der Waals surface area contributed by atoms with Crippen molar-refractivity contribution in [2.24, 2.45) is 0 Å². The molecule has 4 rings (SSSR count). The monoisotopic (exact) mass is 486 g/mol. The van der Waals surface area contributed by atoms with Crippen molar-refractivity contribution < 1.29 is 13.9 Å². The van der Waals surface area contributed by atoms with Crippen LogP contribution in [0.3, 0.4) is 0 Å². The van der Waals surface area contributed by atoms with Gasteiger partial charge >= 0.3 is 0 Å². The Bertz CT molecular complexity index is 1250. The highest BCUT2D eigenvalue weighted by Crippen LogP contribution is 2.40. The summed E-state index contributed by atoms with van der Waals surface area (Å²) >= 11 is 12.9. The second-order valence-electron chi connectivity index (χ2n) is 7.11. The number of hydrogen-bond donors (Lipinski definition) is 1. The Labute approximate surface area is 200 Å². The fourth-order valence-electron chi connectivity index (χ4n) is 3.51. The van der Waals surface area contributed by atoms with Gasteiger partial charge in [0.2, 0.25) is 0 Å². The van der Waals surface area contributed by atoms with Crippen molar-refractivity contribution in [2.45, 2.75) is 6.42 Å². The van der Waals surface area contributed by atoms with Crippen LogP contribution in [0.5, 0.6) is 11.5 Å². The predicted molar refractivity (Wildman–Crippen MR) is 129 cm³/mol. The average Bonchev–Trinajstić information content (AvgIpc) is 3.35. The molecule has 0 aliphatic rings. The summed E-state index contributed by atoms with van der Waals surface area (Å²) in [5, 5.41) is 7.93. The summed E-state index contributed by atoms with van der Waals surface area (Å²) in [5.41, 5.74) is 2.21. The van der Waals surface area contributed by atoms with E-state index >= 15 is 0 Å². The Morgan fingerprint density at radius 1 is 1.00 bits per heavy atom. The van der Waals surface area contributed by atoms with E-state index in [1.54, 1.807) is 55.6 Å². The van der Waals surface area contributed by atoms with Crippen molar-refractivity contribution in [3.05, 3.63) is 82.5 Å². The summed E-state index contributed by atoms with van der Waals surface area (Å²) in [7, 11) is 3.19. The maximum Gasteiger partial charge on any atom is 0.160 e. The molecule has 1 N–H and O–H groups in total. The van der Waals surface area contributed by atoms with E-state index in [0.717, 1.165) is 5.56 Å². The minimum atomic E-state index is -0.485. The molecule has 6 nitrogen and oxygen atoms in total. The van der Waals surface area contributed by atoms with Gasteiger partial charge in [-0.2, -0.15) is 5.10 Å². The number of nitrogens with zero attached hydrogens (tertiary/aromatic N) is 3. The Kier molecular flexibility index (Phi) is 7.01. The molecule has 170 valence electrons. The normalized spacial score (nSPS) is 10.8. The first-order valence-electron chi connectivity index (χ1n) is 10.1. The topological polar surface area (TPSA) is 61.2 Å². The van der Waals surface area contributed by atoms with Crippen LogP contribution in [0.2, 0.25) is 10.2 Å². The molecule has 0 amide bonds. The van der Waals surface area contributed by atoms with E-state index in [4.69, 9.17) is 32.7 Å². The van der Waals surface area contributed by atoms with Crippen LogP contribution in [-0.4, -0.2) is 35.5 Å². The molecule has 0 saturated carbocycles. The molecule has 2 heterocycles. The van der Waals surface area contributed by atoms with E-state index in [1.165, 1.54) is 6.07 Å². The van der Waals surface area contributed by atoms with Gasteiger partial charge in [-0.05, 0) is 42.3 Å². The molecule has 4 aromatic rings. The Hall–Kier alpha value is -3.29. The SMILES string of the molecule is COc1ccc(CCNc2cc(-n3cccn3)nc(Cl)c2-c2c(F)cccc2Cl)cc1OC. The van der Waals surface area contributed by atoms with Gasteiger partial charge in [0.05, 0.1) is 19.2 Å². The summed E-state index contributed by atoms with van der Waals surface area (Å²) in [4.78, 5) is 4.41. The first-order chi connectivity index (χ1) is 16.0. The molecule has 0 aliphatic heterocycles. The third kappa shape index (κ3) is 4.89. The van der Waals surface area contributed by atoms with E-state index in [-0.39, 0.29) is 15.7 Å². The van der Waals surface area contributed by atoms with Crippen molar-refractivity contribution in [1.82, 2.24) is 14.8 Å². The van der Waals surface area contributed by atoms with Crippen LogP contribution in [0.25, 0.3) is 16.9 Å². The number of aromatic nitrogens is 3. The lowest BCUT2D eigenvalue weighted by Crippen LogP contribution is -2.09. The second kappa shape index (κ2) is 10.1. The highest BCUT2D eigenvalue weighted by Gasteiger charge is 2.20. The van der Waals surface area contributed by atoms with Crippen LogP contribution in [0.1, 0.15) is 5.56 Å². The molecular formula is C24H21Cl2FN4O2. The lowest BCUT2D eigenvalue weighted by Gasteiger charge is -2.17. The van der Waals surface area contributed by atoms with Gasteiger partial charge in [-0.25, -0.2) is 14.1 Å². The first kappa shape index (κ1) is 22.9. The lowest BCUT2D eigenvalue weighted by molar-refractivity contribution is 0.354. The predicted octanol–water partition coefficient (Wildman–Crippen LogP) is 6.05. The Balaban J connectivity index is 1.68. The van der Waals surface area contributed by atoms with Crippen molar-refractivity contribution in [3.63, 3.8) is 0 Å². The van der Waals surface area contributed by atoms with Crippen molar-refractivity contribution in [2.75, 3.05) is 26.1 Å². The van der Waals surface area contributed by atoms with Crippen molar-refractivity contribution in [1.29, 1.82) is 0 Å². The molecule has 0 bridgehead atoms. The Morgan fingerprint density at radius 2 is 1.82 bits per heavy atom. The summed E-state index contributed by atoms with van der Waals surface area (Å²) < 4.78 is 27.0. The van der Waals surface area contributed by atoms with Crippen LogP contribution in [0.15, 0.2) is 60.9 Å². The van der Waals surface area contributed by atoms with E-state index in [1.807, 2.05) is 18.2 Å². The molecule has 0 saturated heterocycles. The van der Waals surface area contributed by atoms with Gasteiger partial charge in [-0.1, -0.05) is 35.3 Å². The number of anilines is 1. The van der Waals surface area contributed by atoms with Gasteiger partial charge in [0.25, 0.3) is 0 Å². The number of halogens is 3. The third-order valence-corrected chi connectivity index (χ3v) is 5.68. The van der Waals surface area contributed by atoms with E-state index in [9.17, 15) is 4.39 Å². The van der Waals surface area contributed by atoms with Gasteiger partial charge in [0.15, 0.2) is 17.3 Å². The van der Waals surface area contributed by atoms with Crippen molar-refractivity contribution >= 4 is 28.9 Å². The largest absolute Gasteiger partial charge is 0.493 e. The smallest absolute Gasteiger partial charge is 0.160 e. The average molecular weight is 487 g/mol. The Morgan fingerprint density at radius 3 is 2.52 bits per heavy atom. The van der Waals surface area contributed by atoms with Crippen LogP contribution >= 0.6 is 23.2 Å². The number of nitrogens with one attached hydrogen (secondary N) is 1. The summed E-state index contributed by atoms with van der Waals surface area (Å²) in [6, 6.07) is 13.8. The summed E-state index contributed by atoms with van der Waals surface area (Å²) in [5.74, 6) is 1.33. The van der Waals surface area contributed by atoms with Crippen LogP contribution in [0.4, 0.5) is 10.1 Å². The quantitative estimate of drug-likeness (QED) is 0.307. The summed E-state index contributed by atoms with van der Waals surface area (Å²) in [6.45, 7) is 0.535. The van der Waals surface area contributed by atoms with Gasteiger partial charge in [0, 0.05) is 41.8 Å². The number of ether oxygens (including phenoxy) is 2. The van der Waals surface area contributed by atoms with Gasteiger partial charge < -0.3 is 14.8 Å². The molecular weight excluding hydrogens is 466 g/mol. The number of benzene rings is 2. The lowest BCUT2D eigenvalue weighted by atomic mass is 10.0. The molecule has 0 fully saturated rings. The first-order valence-corrected chi connectivity index (χ1v) is 10.9. The molecule has 33 heavy (non-hydrogen) atoms. The fraction of sp³-hybridized carbons (Fsp3) is 0.167. The van der Waals surface area contributed by atoms with Crippen LogP contribution in [0, 0.1) is 5.82 Å². The van der Waals surface area contributed by atoms with E-state index < -0.39 is 5.82 Å². The molecule has 0 radical (unpaired) electrons. The number of rotatable bonds is 8. The molecule has 9 heteroatoms. The highest BCUT2D eigenvalue weighted by atomic mass is 35.5. The standard InChI is InChI=1S/C24H21Cl2FN4O2/c1-32-19-8-7-15(13-20(19)33-2)9-11-28-18-14-21(31-12-4-10-29-31)30-24(26)23(18)22-16(25)5-3-6-17(22)27/h3-8,10,12-14H,9,11H2,1-2H3,(H,28,30). The van der Waals surface area contributed by atoms with E-state index in [0.29, 0.717) is 41.5 Å². The minimum absolute atomic E-state index is 0.114. The van der Waals surface area contributed by atoms with Gasteiger partial charge in [-0.3, -0.25) is 0 Å². The molecule has 0 unspecified atom stereocenters. The zero-order valence-corrected chi connectivity index (χ0v) is 19.5. The van der Waals surface area contributed by atoms with E-state index in [2.05, 4.69) is 15.4 Å². The minimum Gasteiger partial charge on any atom is -0.493 e.